The van der Waals surface area contributed by atoms with Crippen LogP contribution in [0, 0.1) is 11.6 Å². The molecule has 0 aromatic heterocycles. The molecule has 1 heterocycles. The van der Waals surface area contributed by atoms with E-state index >= 15 is 0 Å². The first-order valence-electron chi connectivity index (χ1n) is 10.9. The second kappa shape index (κ2) is 10.6. The first-order chi connectivity index (χ1) is 16.9. The van der Waals surface area contributed by atoms with Crippen molar-refractivity contribution >= 4 is 40.5 Å². The molecule has 0 radical (unpaired) electrons. The number of ether oxygens (including phenoxy) is 1. The predicted molar refractivity (Wildman–Crippen MR) is 133 cm³/mol. The number of halogens is 2. The summed E-state index contributed by atoms with van der Waals surface area (Å²) >= 11 is 5.61. The van der Waals surface area contributed by atoms with Gasteiger partial charge in [-0.3, -0.25) is 14.5 Å². The van der Waals surface area contributed by atoms with Gasteiger partial charge >= 0.3 is 0 Å². The van der Waals surface area contributed by atoms with Crippen LogP contribution in [0.5, 0.6) is 5.75 Å². The Morgan fingerprint density at radius 2 is 1.57 bits per heavy atom. The van der Waals surface area contributed by atoms with Gasteiger partial charge in [0.2, 0.25) is 5.91 Å². The molecule has 1 atom stereocenters. The van der Waals surface area contributed by atoms with Gasteiger partial charge in [0.15, 0.2) is 5.11 Å². The number of carbonyl (C=O) groups excluding carboxylic acids is 2. The smallest absolute Gasteiger partial charge is 0.256 e. The Morgan fingerprint density at radius 1 is 0.971 bits per heavy atom. The van der Waals surface area contributed by atoms with Crippen molar-refractivity contribution in [1.29, 1.82) is 0 Å². The standard InChI is InChI=1S/C26H23F2N3O3S/c1-34-22-12-8-20(9-13-22)29-24(32)16-23-25(33)31(21-10-6-19(28)7-11-21)26(35)30(23)15-14-17-2-4-18(27)5-3-17/h2-13,23H,14-16H2,1H3,(H,29,32). The Hall–Kier alpha value is -3.85. The fraction of sp³-hybridized carbons (Fsp3) is 0.192. The molecule has 9 heteroatoms. The molecule has 180 valence electrons. The van der Waals surface area contributed by atoms with E-state index in [4.69, 9.17) is 17.0 Å². The summed E-state index contributed by atoms with van der Waals surface area (Å²) in [7, 11) is 1.55. The summed E-state index contributed by atoms with van der Waals surface area (Å²) < 4.78 is 31.9. The van der Waals surface area contributed by atoms with Crippen molar-refractivity contribution in [3.05, 3.63) is 90.0 Å². The normalized spacial score (nSPS) is 15.5. The lowest BCUT2D eigenvalue weighted by atomic mass is 10.1. The fourth-order valence-electron chi connectivity index (χ4n) is 3.88. The van der Waals surface area contributed by atoms with E-state index in [9.17, 15) is 18.4 Å². The van der Waals surface area contributed by atoms with Crippen molar-refractivity contribution in [2.75, 3.05) is 23.9 Å². The second-order valence-corrected chi connectivity index (χ2v) is 8.36. The lowest BCUT2D eigenvalue weighted by Crippen LogP contribution is -2.39. The van der Waals surface area contributed by atoms with Crippen LogP contribution in [0.15, 0.2) is 72.8 Å². The van der Waals surface area contributed by atoms with Gasteiger partial charge in [-0.15, -0.1) is 0 Å². The van der Waals surface area contributed by atoms with Gasteiger partial charge in [0.1, 0.15) is 23.4 Å². The highest BCUT2D eigenvalue weighted by atomic mass is 32.1. The zero-order valence-electron chi connectivity index (χ0n) is 18.9. The van der Waals surface area contributed by atoms with E-state index < -0.39 is 11.9 Å². The van der Waals surface area contributed by atoms with Gasteiger partial charge in [-0.2, -0.15) is 0 Å². The Labute approximate surface area is 207 Å². The lowest BCUT2D eigenvalue weighted by molar-refractivity contribution is -0.124. The third-order valence-electron chi connectivity index (χ3n) is 5.71. The average Bonchev–Trinajstić information content (AvgIpc) is 3.08. The van der Waals surface area contributed by atoms with Crippen molar-refractivity contribution in [2.24, 2.45) is 0 Å². The Morgan fingerprint density at radius 3 is 2.17 bits per heavy atom. The van der Waals surface area contributed by atoms with Crippen LogP contribution in [-0.4, -0.2) is 41.5 Å². The molecule has 0 aliphatic carbocycles. The van der Waals surface area contributed by atoms with Gasteiger partial charge in [-0.1, -0.05) is 12.1 Å². The summed E-state index contributed by atoms with van der Waals surface area (Å²) in [6.45, 7) is 0.342. The number of hydrogen-bond donors (Lipinski definition) is 1. The second-order valence-electron chi connectivity index (χ2n) is 8.00. The van der Waals surface area contributed by atoms with Crippen molar-refractivity contribution < 1.29 is 23.1 Å². The number of carbonyl (C=O) groups is 2. The maximum atomic E-state index is 13.5. The van der Waals surface area contributed by atoms with Crippen LogP contribution in [0.1, 0.15) is 12.0 Å². The highest BCUT2D eigenvalue weighted by Gasteiger charge is 2.43. The minimum atomic E-state index is -0.841. The minimum Gasteiger partial charge on any atom is -0.497 e. The number of nitrogens with one attached hydrogen (secondary N) is 1. The van der Waals surface area contributed by atoms with Gasteiger partial charge in [-0.25, -0.2) is 8.78 Å². The van der Waals surface area contributed by atoms with Crippen molar-refractivity contribution in [2.45, 2.75) is 18.9 Å². The molecule has 3 aromatic carbocycles. The predicted octanol–water partition coefficient (Wildman–Crippen LogP) is 4.55. The van der Waals surface area contributed by atoms with Crippen LogP contribution in [0.2, 0.25) is 0 Å². The van der Waals surface area contributed by atoms with Crippen molar-refractivity contribution in [3.63, 3.8) is 0 Å². The van der Waals surface area contributed by atoms with Crippen LogP contribution >= 0.6 is 12.2 Å². The Balaban J connectivity index is 1.54. The van der Waals surface area contributed by atoms with E-state index in [1.807, 2.05) is 0 Å². The summed E-state index contributed by atoms with van der Waals surface area (Å²) in [4.78, 5) is 29.3. The maximum Gasteiger partial charge on any atom is 0.256 e. The SMILES string of the molecule is COc1ccc(NC(=O)CC2C(=O)N(c3ccc(F)cc3)C(=S)N2CCc2ccc(F)cc2)cc1. The van der Waals surface area contributed by atoms with E-state index in [-0.39, 0.29) is 29.2 Å². The van der Waals surface area contributed by atoms with Gasteiger partial charge in [0.05, 0.1) is 19.2 Å². The zero-order valence-corrected chi connectivity index (χ0v) is 19.7. The average molecular weight is 496 g/mol. The molecule has 35 heavy (non-hydrogen) atoms. The van der Waals surface area contributed by atoms with Crippen molar-refractivity contribution in [3.8, 4) is 5.75 Å². The van der Waals surface area contributed by atoms with E-state index in [1.165, 1.54) is 41.3 Å². The van der Waals surface area contributed by atoms with Crippen LogP contribution in [0.25, 0.3) is 0 Å². The number of hydrogen-bond acceptors (Lipinski definition) is 4. The molecule has 1 aliphatic heterocycles. The number of amides is 2. The third kappa shape index (κ3) is 5.63. The number of benzene rings is 3. The first kappa shape index (κ1) is 24.3. The van der Waals surface area contributed by atoms with Gasteiger partial charge < -0.3 is 15.0 Å². The van der Waals surface area contributed by atoms with E-state index in [0.29, 0.717) is 30.1 Å². The van der Waals surface area contributed by atoms with E-state index in [1.54, 1.807) is 48.4 Å². The van der Waals surface area contributed by atoms with Crippen LogP contribution in [0.4, 0.5) is 20.2 Å². The molecule has 1 N–H and O–H groups in total. The number of rotatable bonds is 8. The van der Waals surface area contributed by atoms with Crippen molar-refractivity contribution in [1.82, 2.24) is 4.90 Å². The number of nitrogens with zero attached hydrogens (tertiary/aromatic N) is 2. The largest absolute Gasteiger partial charge is 0.497 e. The van der Waals surface area contributed by atoms with Gasteiger partial charge in [-0.05, 0) is 84.9 Å². The number of anilines is 2. The van der Waals surface area contributed by atoms with Gasteiger partial charge in [0, 0.05) is 12.2 Å². The lowest BCUT2D eigenvalue weighted by Gasteiger charge is -2.24. The summed E-state index contributed by atoms with van der Waals surface area (Å²) in [5.41, 5.74) is 1.85. The van der Waals surface area contributed by atoms with Crippen LogP contribution in [-0.2, 0) is 16.0 Å². The molecular weight excluding hydrogens is 472 g/mol. The molecule has 3 aromatic rings. The molecule has 4 rings (SSSR count). The molecule has 1 unspecified atom stereocenters. The quantitative estimate of drug-likeness (QED) is 0.465. The summed E-state index contributed by atoms with van der Waals surface area (Å²) in [5.74, 6) is -0.845. The maximum absolute atomic E-state index is 13.5. The number of thiocarbonyl (C=S) groups is 1. The van der Waals surface area contributed by atoms with E-state index in [2.05, 4.69) is 5.32 Å². The summed E-state index contributed by atoms with van der Waals surface area (Å²) in [5, 5.41) is 3.02. The molecule has 0 spiro atoms. The monoisotopic (exact) mass is 495 g/mol. The molecule has 6 nitrogen and oxygen atoms in total. The topological polar surface area (TPSA) is 61.9 Å². The molecular formula is C26H23F2N3O3S. The molecule has 1 saturated heterocycles. The minimum absolute atomic E-state index is 0.133. The highest BCUT2D eigenvalue weighted by Crippen LogP contribution is 2.28. The Bertz CT molecular complexity index is 1220. The molecule has 0 bridgehead atoms. The molecule has 0 saturated carbocycles. The van der Waals surface area contributed by atoms with Crippen LogP contribution < -0.4 is 15.0 Å². The Kier molecular flexibility index (Phi) is 7.36. The van der Waals surface area contributed by atoms with Crippen LogP contribution in [0.3, 0.4) is 0 Å². The number of methoxy groups -OCH3 is 1. The zero-order chi connectivity index (χ0) is 24.9. The molecule has 1 fully saturated rings. The summed E-state index contributed by atoms with van der Waals surface area (Å²) in [6.07, 6.45) is 0.355. The third-order valence-corrected chi connectivity index (χ3v) is 6.13. The fourth-order valence-corrected chi connectivity index (χ4v) is 4.29. The summed E-state index contributed by atoms with van der Waals surface area (Å²) in [6, 6.07) is 17.5. The molecule has 1 aliphatic rings. The molecule has 2 amide bonds. The highest BCUT2D eigenvalue weighted by molar-refractivity contribution is 7.80. The van der Waals surface area contributed by atoms with E-state index in [0.717, 1.165) is 5.56 Å². The van der Waals surface area contributed by atoms with Gasteiger partial charge in [0.25, 0.3) is 5.91 Å². The first-order valence-corrected chi connectivity index (χ1v) is 11.3.